The highest BCUT2D eigenvalue weighted by molar-refractivity contribution is 5.96. The summed E-state index contributed by atoms with van der Waals surface area (Å²) in [6.45, 7) is 3.50. The molecule has 0 radical (unpaired) electrons. The van der Waals surface area contributed by atoms with E-state index in [1.54, 1.807) is 60.9 Å². The number of carbonyl (C=O) groups is 1. The number of pyridine rings is 1. The Bertz CT molecular complexity index is 1160. The Kier molecular flexibility index (Phi) is 9.16. The Morgan fingerprint density at radius 1 is 0.938 bits per heavy atom. The molecule has 6 nitrogen and oxygen atoms in total. The average molecular weight is 438 g/mol. The molecule has 0 bridgehead atoms. The van der Waals surface area contributed by atoms with Crippen LogP contribution in [-0.2, 0) is 4.79 Å². The second-order valence-electron chi connectivity index (χ2n) is 6.57. The molecule has 1 aliphatic rings. The van der Waals surface area contributed by atoms with E-state index >= 15 is 0 Å². The lowest BCUT2D eigenvalue weighted by molar-refractivity contribution is -0.117. The van der Waals surface area contributed by atoms with Gasteiger partial charge in [0.2, 0.25) is 5.91 Å². The summed E-state index contributed by atoms with van der Waals surface area (Å²) in [5.41, 5.74) is 1.65. The van der Waals surface area contributed by atoms with E-state index in [1.807, 2.05) is 25.2 Å². The zero-order valence-electron chi connectivity index (χ0n) is 18.1. The summed E-state index contributed by atoms with van der Waals surface area (Å²) in [6.07, 6.45) is 12.5. The van der Waals surface area contributed by atoms with Gasteiger partial charge in [0.15, 0.2) is 0 Å². The number of anilines is 1. The molecule has 1 aromatic carbocycles. The molecule has 0 unspecified atom stereocenters. The highest BCUT2D eigenvalue weighted by Crippen LogP contribution is 2.15. The Morgan fingerprint density at radius 2 is 1.66 bits per heavy atom. The third-order valence-corrected chi connectivity index (χ3v) is 4.35. The van der Waals surface area contributed by atoms with E-state index < -0.39 is 0 Å². The molecule has 3 heterocycles. The molecule has 32 heavy (non-hydrogen) atoms. The Labute approximate surface area is 185 Å². The first kappa shape index (κ1) is 24.3. The summed E-state index contributed by atoms with van der Waals surface area (Å²) in [5.74, 6) is 0.416. The fraction of sp³-hybridized carbons (Fsp3) is 0.167. The molecule has 1 amide bonds. The van der Waals surface area contributed by atoms with Gasteiger partial charge >= 0.3 is 0 Å². The largest absolute Gasteiger partial charge is 0.284 e. The number of aryl methyl sites for hydroxylation is 2. The molecule has 3 aromatic rings. The van der Waals surface area contributed by atoms with Gasteiger partial charge in [-0.05, 0) is 43.7 Å². The number of nitrogens with zero attached hydrogens (tertiary/aromatic N) is 4. The van der Waals surface area contributed by atoms with Crippen LogP contribution in [0.5, 0.6) is 0 Å². The van der Waals surface area contributed by atoms with Crippen LogP contribution >= 0.6 is 0 Å². The van der Waals surface area contributed by atoms with Crippen LogP contribution in [0.3, 0.4) is 0 Å². The predicted molar refractivity (Wildman–Crippen MR) is 121 cm³/mol. The molecule has 8 heteroatoms. The van der Waals surface area contributed by atoms with Gasteiger partial charge in [-0.1, -0.05) is 24.3 Å². The summed E-state index contributed by atoms with van der Waals surface area (Å²) in [7, 11) is 0.500. The molecule has 0 saturated heterocycles. The highest BCUT2D eigenvalue weighted by Gasteiger charge is 2.13. The first-order chi connectivity index (χ1) is 15.5. The first-order valence-electron chi connectivity index (χ1n) is 9.72. The van der Waals surface area contributed by atoms with Gasteiger partial charge in [-0.15, -0.1) is 0 Å². The number of alkyl halides is 1. The van der Waals surface area contributed by atoms with Crippen molar-refractivity contribution in [2.75, 3.05) is 12.1 Å². The number of rotatable bonds is 2. The van der Waals surface area contributed by atoms with Gasteiger partial charge in [0.25, 0.3) is 5.56 Å². The maximum absolute atomic E-state index is 13.3. The molecule has 0 saturated carbocycles. The van der Waals surface area contributed by atoms with Crippen LogP contribution in [-0.4, -0.2) is 27.6 Å². The molecule has 0 aliphatic carbocycles. The summed E-state index contributed by atoms with van der Waals surface area (Å²) >= 11 is 0. The van der Waals surface area contributed by atoms with E-state index in [-0.39, 0.29) is 17.3 Å². The van der Waals surface area contributed by atoms with E-state index in [0.29, 0.717) is 36.4 Å². The van der Waals surface area contributed by atoms with Gasteiger partial charge in [0.1, 0.15) is 11.6 Å². The molecule has 166 valence electrons. The lowest BCUT2D eigenvalue weighted by atomic mass is 10.2. The normalized spacial score (nSPS) is 12.3. The van der Waals surface area contributed by atoms with Crippen LogP contribution < -0.4 is 10.5 Å². The molecule has 1 aliphatic heterocycles. The number of hydrogen-bond acceptors (Lipinski definition) is 4. The van der Waals surface area contributed by atoms with Gasteiger partial charge in [-0.25, -0.2) is 14.4 Å². The van der Waals surface area contributed by atoms with Crippen molar-refractivity contribution in [3.05, 3.63) is 107 Å². The van der Waals surface area contributed by atoms with Crippen molar-refractivity contribution in [3.8, 4) is 5.69 Å². The van der Waals surface area contributed by atoms with Crippen LogP contribution in [0.2, 0.25) is 0 Å². The van der Waals surface area contributed by atoms with Crippen molar-refractivity contribution in [3.63, 3.8) is 0 Å². The van der Waals surface area contributed by atoms with Gasteiger partial charge in [0.05, 0.1) is 30.9 Å². The van der Waals surface area contributed by atoms with Crippen molar-refractivity contribution in [2.24, 2.45) is 0 Å². The molecule has 0 atom stereocenters. The molecule has 0 fully saturated rings. The summed E-state index contributed by atoms with van der Waals surface area (Å²) in [4.78, 5) is 32.8. The smallest absolute Gasteiger partial charge is 0.255 e. The first-order valence-corrected chi connectivity index (χ1v) is 9.72. The topological polar surface area (TPSA) is 68.1 Å². The predicted octanol–water partition coefficient (Wildman–Crippen LogP) is 4.46. The van der Waals surface area contributed by atoms with Crippen LogP contribution in [0.15, 0.2) is 84.2 Å². The number of hydrogen-bond donors (Lipinski definition) is 0. The lowest BCUT2D eigenvalue weighted by Crippen LogP contribution is -2.24. The standard InChI is InChI=1S/C12H10FNO.C11H11N3O.CH3F/c1-9-5-6-10(8-11(9)13)14-7-3-2-4-12(14)15;1-9-12-7-10(8-13-9)14-6-4-2-3-5-11(14)15;1-2/h2-8H,1H3;2-4,6-8H,5H2,1H3;1H3. The van der Waals surface area contributed by atoms with Gasteiger partial charge in [-0.3, -0.25) is 23.4 Å². The molecule has 0 spiro atoms. The van der Waals surface area contributed by atoms with E-state index in [9.17, 15) is 18.4 Å². The molecule has 4 rings (SSSR count). The van der Waals surface area contributed by atoms with E-state index in [0.717, 1.165) is 0 Å². The molecular formula is C24H24F2N4O2. The van der Waals surface area contributed by atoms with Crippen molar-refractivity contribution in [2.45, 2.75) is 20.3 Å². The van der Waals surface area contributed by atoms with E-state index in [2.05, 4.69) is 9.97 Å². The second kappa shape index (κ2) is 12.0. The van der Waals surface area contributed by atoms with Crippen LogP contribution in [0, 0.1) is 19.7 Å². The van der Waals surface area contributed by atoms with Crippen molar-refractivity contribution >= 4 is 11.6 Å². The van der Waals surface area contributed by atoms with Crippen LogP contribution in [0.4, 0.5) is 14.5 Å². The Morgan fingerprint density at radius 3 is 2.31 bits per heavy atom. The van der Waals surface area contributed by atoms with Crippen molar-refractivity contribution in [1.29, 1.82) is 0 Å². The Hall–Kier alpha value is -3.94. The average Bonchev–Trinajstić information content (AvgIpc) is 3.03. The van der Waals surface area contributed by atoms with Crippen molar-refractivity contribution < 1.29 is 13.6 Å². The second-order valence-corrected chi connectivity index (χ2v) is 6.57. The fourth-order valence-electron chi connectivity index (χ4n) is 2.68. The van der Waals surface area contributed by atoms with Gasteiger partial charge in [-0.2, -0.15) is 0 Å². The number of benzene rings is 1. The molecule has 0 N–H and O–H groups in total. The lowest BCUT2D eigenvalue weighted by Gasteiger charge is -2.15. The minimum Gasteiger partial charge on any atom is -0.284 e. The highest BCUT2D eigenvalue weighted by atomic mass is 19.1. The minimum absolute atomic E-state index is 0.0208. The quantitative estimate of drug-likeness (QED) is 0.592. The van der Waals surface area contributed by atoms with Gasteiger partial charge in [0, 0.05) is 24.9 Å². The number of carbonyl (C=O) groups excluding carboxylic acids is 1. The van der Waals surface area contributed by atoms with Crippen LogP contribution in [0.25, 0.3) is 5.69 Å². The minimum atomic E-state index is -0.303. The zero-order valence-corrected chi connectivity index (χ0v) is 18.1. The van der Waals surface area contributed by atoms with Crippen LogP contribution in [0.1, 0.15) is 17.8 Å². The Balaban J connectivity index is 0.000000211. The maximum Gasteiger partial charge on any atom is 0.255 e. The SMILES string of the molecule is CF.Cc1ccc(-n2ccccc2=O)cc1F.Cc1ncc(N2C=CC=CCC2=O)cn1. The molecular weight excluding hydrogens is 414 g/mol. The summed E-state index contributed by atoms with van der Waals surface area (Å²) in [6, 6.07) is 9.57. The van der Waals surface area contributed by atoms with Crippen molar-refractivity contribution in [1.82, 2.24) is 14.5 Å². The van der Waals surface area contributed by atoms with Gasteiger partial charge < -0.3 is 0 Å². The monoisotopic (exact) mass is 438 g/mol. The third-order valence-electron chi connectivity index (χ3n) is 4.35. The number of halogens is 2. The number of aromatic nitrogens is 3. The van der Waals surface area contributed by atoms with E-state index in [4.69, 9.17) is 0 Å². The fourth-order valence-corrected chi connectivity index (χ4v) is 2.68. The summed E-state index contributed by atoms with van der Waals surface area (Å²) < 4.78 is 24.2. The maximum atomic E-state index is 13.3. The molecule has 2 aromatic heterocycles. The summed E-state index contributed by atoms with van der Waals surface area (Å²) in [5, 5.41) is 0. The third kappa shape index (κ3) is 6.53. The number of amides is 1. The number of allylic oxidation sites excluding steroid dienone is 2. The zero-order chi connectivity index (χ0) is 23.5. The van der Waals surface area contributed by atoms with E-state index in [1.165, 1.54) is 16.7 Å².